The van der Waals surface area contributed by atoms with Crippen LogP contribution in [-0.2, 0) is 0 Å². The number of halogens is 1. The topological polar surface area (TPSA) is 72.2 Å². The number of pyridine rings is 2. The molecule has 0 radical (unpaired) electrons. The summed E-state index contributed by atoms with van der Waals surface area (Å²) >= 11 is 1.36. The molecule has 0 atom stereocenters. The number of amides is 1. The Kier molecular flexibility index (Phi) is 3.73. The highest BCUT2D eigenvalue weighted by molar-refractivity contribution is 7.13. The lowest BCUT2D eigenvalue weighted by Crippen LogP contribution is -2.13. The molecule has 6 nitrogen and oxygen atoms in total. The second-order valence-electron chi connectivity index (χ2n) is 5.42. The van der Waals surface area contributed by atoms with E-state index >= 15 is 0 Å². The quantitative estimate of drug-likeness (QED) is 0.572. The summed E-state index contributed by atoms with van der Waals surface area (Å²) in [6.07, 6.45) is 6.62. The zero-order valence-corrected chi connectivity index (χ0v) is 13.9. The predicted octanol–water partition coefficient (Wildman–Crippen LogP) is 3.55. The van der Waals surface area contributed by atoms with Crippen molar-refractivity contribution in [1.82, 2.24) is 19.4 Å². The maximum absolute atomic E-state index is 13.1. The Morgan fingerprint density at radius 2 is 2.16 bits per heavy atom. The van der Waals surface area contributed by atoms with Crippen molar-refractivity contribution in [3.63, 3.8) is 0 Å². The van der Waals surface area contributed by atoms with Gasteiger partial charge >= 0.3 is 0 Å². The minimum absolute atomic E-state index is 0.303. The number of hydrogen-bond acceptors (Lipinski definition) is 5. The van der Waals surface area contributed by atoms with Crippen LogP contribution in [0.25, 0.3) is 16.8 Å². The highest BCUT2D eigenvalue weighted by Crippen LogP contribution is 2.24. The van der Waals surface area contributed by atoms with E-state index in [1.165, 1.54) is 23.6 Å². The lowest BCUT2D eigenvalue weighted by atomic mass is 10.1. The predicted molar refractivity (Wildman–Crippen MR) is 93.2 cm³/mol. The number of aryl methyl sites for hydroxylation is 1. The molecule has 8 heteroatoms. The molecule has 124 valence electrons. The van der Waals surface area contributed by atoms with Crippen LogP contribution < -0.4 is 5.32 Å². The lowest BCUT2D eigenvalue weighted by Gasteiger charge is -2.08. The number of imidazole rings is 1. The second kappa shape index (κ2) is 6.06. The number of rotatable bonds is 3. The van der Waals surface area contributed by atoms with Gasteiger partial charge in [0.05, 0.1) is 11.3 Å². The van der Waals surface area contributed by atoms with Crippen molar-refractivity contribution in [2.24, 2.45) is 0 Å². The van der Waals surface area contributed by atoms with Gasteiger partial charge in [-0.15, -0.1) is 11.3 Å². The van der Waals surface area contributed by atoms with Gasteiger partial charge in [-0.3, -0.25) is 10.1 Å². The van der Waals surface area contributed by atoms with Gasteiger partial charge in [-0.05, 0) is 25.1 Å². The number of carbonyl (C=O) groups is 1. The van der Waals surface area contributed by atoms with E-state index in [1.54, 1.807) is 28.9 Å². The highest BCUT2D eigenvalue weighted by Gasteiger charge is 2.16. The van der Waals surface area contributed by atoms with E-state index < -0.39 is 5.95 Å². The van der Waals surface area contributed by atoms with E-state index in [1.807, 2.05) is 18.5 Å². The first-order chi connectivity index (χ1) is 12.1. The molecule has 4 rings (SSSR count). The minimum atomic E-state index is -0.551. The molecule has 0 bridgehead atoms. The molecule has 4 aromatic rings. The summed E-state index contributed by atoms with van der Waals surface area (Å²) in [5.41, 5.74) is 3.22. The van der Waals surface area contributed by atoms with Crippen molar-refractivity contribution in [2.45, 2.75) is 6.92 Å². The van der Waals surface area contributed by atoms with Crippen LogP contribution in [0.15, 0.2) is 48.4 Å². The summed E-state index contributed by atoms with van der Waals surface area (Å²) < 4.78 is 14.8. The van der Waals surface area contributed by atoms with E-state index in [-0.39, 0.29) is 5.91 Å². The molecule has 0 saturated heterocycles. The molecule has 0 aliphatic carbocycles. The van der Waals surface area contributed by atoms with Crippen LogP contribution in [0.5, 0.6) is 0 Å². The van der Waals surface area contributed by atoms with Crippen LogP contribution >= 0.6 is 11.3 Å². The van der Waals surface area contributed by atoms with E-state index in [0.29, 0.717) is 21.9 Å². The Morgan fingerprint density at radius 3 is 2.88 bits per heavy atom. The first kappa shape index (κ1) is 15.4. The summed E-state index contributed by atoms with van der Waals surface area (Å²) in [4.78, 5) is 24.9. The molecule has 1 N–H and O–H groups in total. The molecule has 4 heterocycles. The molecule has 0 unspecified atom stereocenters. The third-order valence-electron chi connectivity index (χ3n) is 3.63. The van der Waals surface area contributed by atoms with E-state index in [2.05, 4.69) is 20.3 Å². The number of carbonyl (C=O) groups excluding carboxylic acids is 1. The van der Waals surface area contributed by atoms with Crippen molar-refractivity contribution < 1.29 is 9.18 Å². The molecular weight excluding hydrogens is 341 g/mol. The lowest BCUT2D eigenvalue weighted by molar-refractivity contribution is 0.102. The maximum atomic E-state index is 13.1. The van der Waals surface area contributed by atoms with E-state index in [9.17, 15) is 9.18 Å². The number of anilines is 1. The Balaban J connectivity index is 1.78. The van der Waals surface area contributed by atoms with Gasteiger partial charge in [0.1, 0.15) is 5.65 Å². The van der Waals surface area contributed by atoms with Gasteiger partial charge in [-0.25, -0.2) is 15.0 Å². The van der Waals surface area contributed by atoms with E-state index in [0.717, 1.165) is 11.3 Å². The maximum Gasteiger partial charge on any atom is 0.261 e. The molecular formula is C17H12FN5OS. The first-order valence-electron chi connectivity index (χ1n) is 7.42. The Hall–Kier alpha value is -3.13. The van der Waals surface area contributed by atoms with Gasteiger partial charge in [0.2, 0.25) is 5.95 Å². The van der Waals surface area contributed by atoms with Crippen LogP contribution in [0.2, 0.25) is 0 Å². The zero-order chi connectivity index (χ0) is 17.4. The molecule has 0 fully saturated rings. The third-order valence-corrected chi connectivity index (χ3v) is 4.51. The van der Waals surface area contributed by atoms with Gasteiger partial charge in [0.25, 0.3) is 5.91 Å². The van der Waals surface area contributed by atoms with Gasteiger partial charge < -0.3 is 4.40 Å². The SMILES string of the molecule is Cc1csc(NC(=O)c2cc(-c3ccc(F)nc3)cn3ccnc23)n1. The average molecular weight is 353 g/mol. The number of nitrogens with one attached hydrogen (secondary N) is 1. The average Bonchev–Trinajstić information content (AvgIpc) is 3.23. The molecule has 0 saturated carbocycles. The largest absolute Gasteiger partial charge is 0.306 e. The monoisotopic (exact) mass is 353 g/mol. The molecule has 0 aliphatic rings. The summed E-state index contributed by atoms with van der Waals surface area (Å²) in [6.45, 7) is 1.86. The number of nitrogens with zero attached hydrogens (tertiary/aromatic N) is 4. The van der Waals surface area contributed by atoms with Crippen molar-refractivity contribution in [1.29, 1.82) is 0 Å². The van der Waals surface area contributed by atoms with Crippen LogP contribution in [0.4, 0.5) is 9.52 Å². The smallest absolute Gasteiger partial charge is 0.261 e. The normalized spacial score (nSPS) is 11.0. The number of fused-ring (bicyclic) bond motifs is 1. The fraction of sp³-hybridized carbons (Fsp3) is 0.0588. The van der Waals surface area contributed by atoms with Crippen molar-refractivity contribution in [3.05, 3.63) is 65.6 Å². The van der Waals surface area contributed by atoms with Gasteiger partial charge in [-0.1, -0.05) is 0 Å². The first-order valence-corrected chi connectivity index (χ1v) is 8.30. The highest BCUT2D eigenvalue weighted by atomic mass is 32.1. The number of aromatic nitrogens is 4. The van der Waals surface area contributed by atoms with Gasteiger partial charge in [-0.2, -0.15) is 4.39 Å². The Bertz CT molecular complexity index is 1070. The molecule has 4 aromatic heterocycles. The Morgan fingerprint density at radius 1 is 1.28 bits per heavy atom. The summed E-state index contributed by atoms with van der Waals surface area (Å²) in [7, 11) is 0. The fourth-order valence-electron chi connectivity index (χ4n) is 2.48. The van der Waals surface area contributed by atoms with Gasteiger partial charge in [0.15, 0.2) is 5.13 Å². The number of hydrogen-bond donors (Lipinski definition) is 1. The molecule has 0 aromatic carbocycles. The fourth-order valence-corrected chi connectivity index (χ4v) is 3.16. The third kappa shape index (κ3) is 2.99. The minimum Gasteiger partial charge on any atom is -0.306 e. The molecule has 1 amide bonds. The number of thiazole rings is 1. The van der Waals surface area contributed by atoms with Crippen molar-refractivity contribution in [3.8, 4) is 11.1 Å². The standard InChI is InChI=1S/C17H12FN5OS/c1-10-9-25-17(21-10)22-16(24)13-6-12(8-23-5-4-19-15(13)23)11-2-3-14(18)20-7-11/h2-9H,1H3,(H,21,22,24). The van der Waals surface area contributed by atoms with Crippen LogP contribution in [-0.4, -0.2) is 25.3 Å². The van der Waals surface area contributed by atoms with E-state index in [4.69, 9.17) is 0 Å². The summed E-state index contributed by atoms with van der Waals surface area (Å²) in [6, 6.07) is 4.62. The summed E-state index contributed by atoms with van der Waals surface area (Å²) in [5.74, 6) is -0.855. The van der Waals surface area contributed by atoms with Crippen LogP contribution in [0.3, 0.4) is 0 Å². The zero-order valence-electron chi connectivity index (χ0n) is 13.1. The van der Waals surface area contributed by atoms with Gasteiger partial charge in [0, 0.05) is 41.3 Å². The second-order valence-corrected chi connectivity index (χ2v) is 6.28. The summed E-state index contributed by atoms with van der Waals surface area (Å²) in [5, 5.41) is 5.18. The van der Waals surface area contributed by atoms with Crippen molar-refractivity contribution >= 4 is 28.0 Å². The van der Waals surface area contributed by atoms with Crippen molar-refractivity contribution in [2.75, 3.05) is 5.32 Å². The molecule has 25 heavy (non-hydrogen) atoms. The van der Waals surface area contributed by atoms with Crippen LogP contribution in [0, 0.1) is 12.9 Å². The Labute approximate surface area is 146 Å². The van der Waals surface area contributed by atoms with Crippen LogP contribution in [0.1, 0.15) is 16.1 Å². The molecule has 0 spiro atoms. The molecule has 0 aliphatic heterocycles.